The van der Waals surface area contributed by atoms with Gasteiger partial charge in [0.05, 0.1) is 17.7 Å². The number of aromatic nitrogens is 2. The molecule has 0 bridgehead atoms. The number of hydrogen-bond donors (Lipinski definition) is 0. The number of rotatable bonds is 6. The second-order valence-corrected chi connectivity index (χ2v) is 7.48. The molecule has 0 saturated heterocycles. The maximum atomic E-state index is 14.5. The van der Waals surface area contributed by atoms with Gasteiger partial charge in [0.25, 0.3) is 0 Å². The summed E-state index contributed by atoms with van der Waals surface area (Å²) < 4.78 is 21.6. The molecule has 0 atom stereocenters. The van der Waals surface area contributed by atoms with Crippen LogP contribution in [0.2, 0.25) is 0 Å². The van der Waals surface area contributed by atoms with Crippen molar-refractivity contribution in [3.05, 3.63) is 53.4 Å². The van der Waals surface area contributed by atoms with Crippen molar-refractivity contribution in [1.82, 2.24) is 9.55 Å². The van der Waals surface area contributed by atoms with E-state index in [2.05, 4.69) is 4.98 Å². The summed E-state index contributed by atoms with van der Waals surface area (Å²) in [6.45, 7) is 7.28. The summed E-state index contributed by atoms with van der Waals surface area (Å²) in [5, 5.41) is 0. The van der Waals surface area contributed by atoms with Crippen molar-refractivity contribution < 1.29 is 13.9 Å². The molecule has 1 aromatic carbocycles. The summed E-state index contributed by atoms with van der Waals surface area (Å²) in [7, 11) is 0. The molecule has 26 heavy (non-hydrogen) atoms. The van der Waals surface area contributed by atoms with Crippen molar-refractivity contribution in [2.75, 3.05) is 5.88 Å². The predicted octanol–water partition coefficient (Wildman–Crippen LogP) is 5.06. The zero-order chi connectivity index (χ0) is 19.3. The molecule has 4 nitrogen and oxygen atoms in total. The number of halogens is 2. The molecule has 0 unspecified atom stereocenters. The van der Waals surface area contributed by atoms with E-state index in [-0.39, 0.29) is 0 Å². The van der Waals surface area contributed by atoms with Gasteiger partial charge in [-0.2, -0.15) is 0 Å². The number of benzene rings is 1. The van der Waals surface area contributed by atoms with Crippen LogP contribution in [0.4, 0.5) is 4.39 Å². The van der Waals surface area contributed by atoms with Gasteiger partial charge in [-0.05, 0) is 64.3 Å². The van der Waals surface area contributed by atoms with Gasteiger partial charge in [0, 0.05) is 17.6 Å². The first kappa shape index (κ1) is 20.2. The minimum Gasteiger partial charge on any atom is -0.457 e. The SMILES string of the molecule is Cc1cn(-c2ccc(C=C(CCCCl)C(=O)OC(C)(C)C)cc2F)cn1. The number of imidazole rings is 1. The Balaban J connectivity index is 2.30. The summed E-state index contributed by atoms with van der Waals surface area (Å²) in [4.78, 5) is 16.5. The summed E-state index contributed by atoms with van der Waals surface area (Å²) in [5.41, 5.74) is 1.69. The molecule has 2 aromatic rings. The lowest BCUT2D eigenvalue weighted by atomic mass is 10.1. The summed E-state index contributed by atoms with van der Waals surface area (Å²) in [5.74, 6) is -0.359. The smallest absolute Gasteiger partial charge is 0.334 e. The molecule has 0 aliphatic heterocycles. The average molecular weight is 379 g/mol. The van der Waals surface area contributed by atoms with Crippen molar-refractivity contribution in [1.29, 1.82) is 0 Å². The van der Waals surface area contributed by atoms with Crippen molar-refractivity contribution in [3.63, 3.8) is 0 Å². The largest absolute Gasteiger partial charge is 0.457 e. The molecule has 6 heteroatoms. The van der Waals surface area contributed by atoms with Crippen LogP contribution < -0.4 is 0 Å². The van der Waals surface area contributed by atoms with E-state index in [1.165, 1.54) is 6.07 Å². The fourth-order valence-electron chi connectivity index (χ4n) is 2.41. The third-order valence-corrected chi connectivity index (χ3v) is 3.81. The molecule has 0 aliphatic carbocycles. The highest BCUT2D eigenvalue weighted by Crippen LogP contribution is 2.21. The molecule has 1 heterocycles. The first-order chi connectivity index (χ1) is 12.2. The predicted molar refractivity (Wildman–Crippen MR) is 102 cm³/mol. The van der Waals surface area contributed by atoms with Gasteiger partial charge in [-0.15, -0.1) is 11.6 Å². The molecule has 0 aliphatic rings. The van der Waals surface area contributed by atoms with E-state index in [9.17, 15) is 9.18 Å². The fraction of sp³-hybridized carbons (Fsp3) is 0.400. The number of ether oxygens (including phenoxy) is 1. The lowest BCUT2D eigenvalue weighted by molar-refractivity contribution is -0.149. The van der Waals surface area contributed by atoms with Crippen LogP contribution in [-0.2, 0) is 9.53 Å². The Morgan fingerprint density at radius 3 is 2.65 bits per heavy atom. The first-order valence-electron chi connectivity index (χ1n) is 8.50. The van der Waals surface area contributed by atoms with Crippen LogP contribution >= 0.6 is 11.6 Å². The zero-order valence-electron chi connectivity index (χ0n) is 15.6. The Hall–Kier alpha value is -2.14. The Kier molecular flexibility index (Phi) is 6.59. The van der Waals surface area contributed by atoms with E-state index in [0.29, 0.717) is 35.5 Å². The maximum Gasteiger partial charge on any atom is 0.334 e. The topological polar surface area (TPSA) is 44.1 Å². The molecule has 0 spiro atoms. The molecule has 0 saturated carbocycles. The monoisotopic (exact) mass is 378 g/mol. The molecule has 0 N–H and O–H groups in total. The third kappa shape index (κ3) is 5.70. The quantitative estimate of drug-likeness (QED) is 0.400. The summed E-state index contributed by atoms with van der Waals surface area (Å²) in [6.07, 6.45) is 6.09. The van der Waals surface area contributed by atoms with Crippen molar-refractivity contribution in [2.45, 2.75) is 46.1 Å². The van der Waals surface area contributed by atoms with E-state index < -0.39 is 17.4 Å². The van der Waals surface area contributed by atoms with Crippen LogP contribution in [0.15, 0.2) is 36.3 Å². The van der Waals surface area contributed by atoms with Gasteiger partial charge in [-0.1, -0.05) is 6.07 Å². The van der Waals surface area contributed by atoms with Crippen LogP contribution in [0, 0.1) is 12.7 Å². The van der Waals surface area contributed by atoms with Crippen molar-refractivity contribution in [2.24, 2.45) is 0 Å². The normalized spacial score (nSPS) is 12.3. The van der Waals surface area contributed by atoms with E-state index in [0.717, 1.165) is 5.69 Å². The lowest BCUT2D eigenvalue weighted by Gasteiger charge is -2.20. The Bertz CT molecular complexity index is 806. The minimum absolute atomic E-state index is 0.392. The van der Waals surface area contributed by atoms with Gasteiger partial charge in [0.1, 0.15) is 11.4 Å². The standard InChI is InChI=1S/C20H24ClFN2O2/c1-14-12-24(13-23-14)18-8-7-15(11-17(18)22)10-16(6-5-9-21)19(25)26-20(2,3)4/h7-8,10-13H,5-6,9H2,1-4H3. The number of nitrogens with zero attached hydrogens (tertiary/aromatic N) is 2. The van der Waals surface area contributed by atoms with Gasteiger partial charge in [-0.3, -0.25) is 0 Å². The Morgan fingerprint density at radius 1 is 1.38 bits per heavy atom. The minimum atomic E-state index is -0.592. The maximum absolute atomic E-state index is 14.5. The Labute approximate surface area is 158 Å². The molecule has 2 rings (SSSR count). The van der Waals surface area contributed by atoms with Crippen LogP contribution in [0.25, 0.3) is 11.8 Å². The van der Waals surface area contributed by atoms with Crippen LogP contribution in [0.3, 0.4) is 0 Å². The number of aryl methyl sites for hydroxylation is 1. The van der Waals surface area contributed by atoms with Gasteiger partial charge >= 0.3 is 5.97 Å². The zero-order valence-corrected chi connectivity index (χ0v) is 16.3. The van der Waals surface area contributed by atoms with Crippen molar-refractivity contribution >= 4 is 23.6 Å². The molecule has 0 fully saturated rings. The molecular formula is C20H24ClFN2O2. The first-order valence-corrected chi connectivity index (χ1v) is 9.03. The molecule has 0 amide bonds. The van der Waals surface area contributed by atoms with E-state index in [1.54, 1.807) is 35.3 Å². The highest BCUT2D eigenvalue weighted by Gasteiger charge is 2.20. The van der Waals surface area contributed by atoms with E-state index in [4.69, 9.17) is 16.3 Å². The highest BCUT2D eigenvalue weighted by molar-refractivity contribution is 6.17. The summed E-state index contributed by atoms with van der Waals surface area (Å²) in [6, 6.07) is 4.82. The number of carbonyl (C=O) groups is 1. The molecular weight excluding hydrogens is 355 g/mol. The van der Waals surface area contributed by atoms with E-state index >= 15 is 0 Å². The van der Waals surface area contributed by atoms with Gasteiger partial charge in [0.15, 0.2) is 0 Å². The fourth-order valence-corrected chi connectivity index (χ4v) is 2.54. The number of hydrogen-bond acceptors (Lipinski definition) is 3. The number of esters is 1. The van der Waals surface area contributed by atoms with Crippen LogP contribution in [0.1, 0.15) is 44.9 Å². The highest BCUT2D eigenvalue weighted by atomic mass is 35.5. The number of alkyl halides is 1. The third-order valence-electron chi connectivity index (χ3n) is 3.54. The van der Waals surface area contributed by atoms with E-state index in [1.807, 2.05) is 27.7 Å². The van der Waals surface area contributed by atoms with Crippen LogP contribution in [-0.4, -0.2) is 27.0 Å². The van der Waals surface area contributed by atoms with Gasteiger partial charge in [-0.25, -0.2) is 14.2 Å². The summed E-state index contributed by atoms with van der Waals surface area (Å²) >= 11 is 5.75. The second kappa shape index (κ2) is 8.49. The van der Waals surface area contributed by atoms with Crippen LogP contribution in [0.5, 0.6) is 0 Å². The molecule has 140 valence electrons. The van der Waals surface area contributed by atoms with Gasteiger partial charge < -0.3 is 9.30 Å². The second-order valence-electron chi connectivity index (χ2n) is 7.10. The van der Waals surface area contributed by atoms with Gasteiger partial charge in [0.2, 0.25) is 0 Å². The number of carbonyl (C=O) groups excluding carboxylic acids is 1. The Morgan fingerprint density at radius 2 is 2.12 bits per heavy atom. The molecule has 0 radical (unpaired) electrons. The average Bonchev–Trinajstić information content (AvgIpc) is 2.96. The molecule has 1 aromatic heterocycles. The lowest BCUT2D eigenvalue weighted by Crippen LogP contribution is -2.25. The van der Waals surface area contributed by atoms with Crippen molar-refractivity contribution in [3.8, 4) is 5.69 Å².